The molecule has 2 aliphatic heterocycles. The molecule has 0 saturated carbocycles. The number of ketones is 1. The number of thiophene rings is 1. The molecule has 2 aliphatic rings. The molecule has 0 radical (unpaired) electrons. The molecule has 352 valence electrons. The van der Waals surface area contributed by atoms with E-state index in [1.807, 2.05) is 78.2 Å². The highest BCUT2D eigenvalue weighted by Crippen LogP contribution is 2.43. The number of carbonyl (C=O) groups is 4. The number of fused-ring (bicyclic) bond motifs is 5. The molecule has 14 nitrogen and oxygen atoms in total. The Balaban J connectivity index is 0.000000193. The Kier molecular flexibility index (Phi) is 17.2. The lowest BCUT2D eigenvalue weighted by atomic mass is 10.0. The van der Waals surface area contributed by atoms with E-state index >= 15 is 0 Å². The number of amides is 2. The summed E-state index contributed by atoms with van der Waals surface area (Å²) in [4.78, 5) is 71.3. The van der Waals surface area contributed by atoms with Crippen LogP contribution in [0.1, 0.15) is 25.1 Å². The van der Waals surface area contributed by atoms with Crippen LogP contribution in [0.2, 0.25) is 0 Å². The van der Waals surface area contributed by atoms with Crippen molar-refractivity contribution >= 4 is 176 Å². The number of hydrogen-bond donors (Lipinski definition) is 1. The zero-order valence-electron chi connectivity index (χ0n) is 36.0. The molecule has 2 atom stereocenters. The first-order chi connectivity index (χ1) is 32.9. The number of β-lactam (4-membered cyclic amide) rings is 1. The standard InChI is InChI=1S/C27H20Br2N4O4S2.C19H18Br2N2O4S2/c1-13(34)24-14(12-39-27-23(26(36)33(24)27)32-20(35)9-15-5-4-8-38-15)11-37-25-17(29)10-16(28)21-22(25)31-19-7-3-2-6-18(19)30-21;1-2-8-28-29-9-7-25-19(24)27-11-26-18-13(21)10-12(20)16-17(18)23-15-6-4-3-5-14(15)22-16/h2-8,10,23,27H,9,11-12H2,1H3,(H,32,35);3-6,10H,2,7-9,11H2,1H3/t23-,27-;/m1./s1. The topological polar surface area (TPSA) is 172 Å². The zero-order valence-corrected chi connectivity index (χ0v) is 45.6. The second-order valence-electron chi connectivity index (χ2n) is 14.8. The first kappa shape index (κ1) is 50.4. The molecule has 7 aromatic rings. The van der Waals surface area contributed by atoms with Gasteiger partial charge in [-0.25, -0.2) is 24.7 Å². The van der Waals surface area contributed by atoms with E-state index in [1.165, 1.54) is 34.9 Å². The summed E-state index contributed by atoms with van der Waals surface area (Å²) in [5, 5.41) is 4.43. The average molecular weight is 1250 g/mol. The molecule has 2 amide bonds. The van der Waals surface area contributed by atoms with Gasteiger partial charge in [-0.3, -0.25) is 19.3 Å². The summed E-state index contributed by atoms with van der Waals surface area (Å²) < 4.78 is 24.9. The Labute approximate surface area is 439 Å². The van der Waals surface area contributed by atoms with Gasteiger partial charge in [0.05, 0.1) is 43.1 Å². The highest BCUT2D eigenvalue weighted by Gasteiger charge is 2.53. The molecular formula is C46H38Br4N6O8S4. The van der Waals surface area contributed by atoms with Gasteiger partial charge in [-0.05, 0) is 118 Å². The molecule has 5 heterocycles. The molecule has 0 unspecified atom stereocenters. The van der Waals surface area contributed by atoms with Crippen LogP contribution in [0.3, 0.4) is 0 Å². The average Bonchev–Trinajstić information content (AvgIpc) is 3.84. The zero-order chi connectivity index (χ0) is 47.9. The molecular weight excluding hydrogens is 1210 g/mol. The Bertz CT molecular complexity index is 3100. The Morgan fingerprint density at radius 3 is 1.90 bits per heavy atom. The van der Waals surface area contributed by atoms with Crippen molar-refractivity contribution in [1.82, 2.24) is 30.2 Å². The first-order valence-corrected chi connectivity index (χ1v) is 28.4. The Hall–Kier alpha value is -4.03. The van der Waals surface area contributed by atoms with Gasteiger partial charge in [-0.2, -0.15) is 0 Å². The lowest BCUT2D eigenvalue weighted by Gasteiger charge is -2.50. The van der Waals surface area contributed by atoms with E-state index in [1.54, 1.807) is 21.6 Å². The second kappa shape index (κ2) is 23.3. The van der Waals surface area contributed by atoms with Crippen LogP contribution in [0.25, 0.3) is 44.1 Å². The van der Waals surface area contributed by atoms with Crippen molar-refractivity contribution < 1.29 is 38.1 Å². The van der Waals surface area contributed by atoms with Gasteiger partial charge in [0.25, 0.3) is 5.91 Å². The van der Waals surface area contributed by atoms with Crippen LogP contribution in [0, 0.1) is 0 Å². The Morgan fingerprint density at radius 2 is 1.34 bits per heavy atom. The van der Waals surface area contributed by atoms with E-state index in [0.717, 1.165) is 48.1 Å². The normalized spacial score (nSPS) is 15.4. The van der Waals surface area contributed by atoms with Gasteiger partial charge >= 0.3 is 6.16 Å². The molecule has 9 rings (SSSR count). The Morgan fingerprint density at radius 1 is 0.765 bits per heavy atom. The minimum absolute atomic E-state index is 0.0949. The molecule has 0 spiro atoms. The van der Waals surface area contributed by atoms with Crippen molar-refractivity contribution in [2.24, 2.45) is 0 Å². The predicted octanol–water partition coefficient (Wildman–Crippen LogP) is 11.8. The highest BCUT2D eigenvalue weighted by molar-refractivity contribution is 9.11. The van der Waals surface area contributed by atoms with Crippen molar-refractivity contribution in [3.05, 3.63) is 112 Å². The van der Waals surface area contributed by atoms with Crippen LogP contribution in [0.15, 0.2) is 107 Å². The van der Waals surface area contributed by atoms with Gasteiger partial charge in [-0.1, -0.05) is 58.8 Å². The summed E-state index contributed by atoms with van der Waals surface area (Å²) in [6.07, 6.45) is 0.583. The quantitative estimate of drug-likeness (QED) is 0.0242. The highest BCUT2D eigenvalue weighted by atomic mass is 79.9. The van der Waals surface area contributed by atoms with Crippen molar-refractivity contribution in [3.63, 3.8) is 0 Å². The van der Waals surface area contributed by atoms with Gasteiger partial charge in [-0.15, -0.1) is 23.1 Å². The molecule has 3 aromatic heterocycles. The van der Waals surface area contributed by atoms with Crippen LogP contribution in [0.4, 0.5) is 4.79 Å². The number of thioether (sulfide) groups is 1. The summed E-state index contributed by atoms with van der Waals surface area (Å²) in [5.74, 6) is 2.51. The maximum atomic E-state index is 13.1. The second-order valence-corrected chi connectivity index (χ2v) is 23.1. The number of nitrogens with one attached hydrogen (secondary N) is 1. The van der Waals surface area contributed by atoms with E-state index < -0.39 is 12.2 Å². The van der Waals surface area contributed by atoms with Gasteiger partial charge in [0, 0.05) is 43.6 Å². The first-order valence-electron chi connectivity index (χ1n) is 20.8. The van der Waals surface area contributed by atoms with Crippen LogP contribution in [0.5, 0.6) is 11.5 Å². The van der Waals surface area contributed by atoms with Gasteiger partial charge in [0.2, 0.25) is 12.7 Å². The summed E-state index contributed by atoms with van der Waals surface area (Å²) >= 11 is 17.1. The van der Waals surface area contributed by atoms with Gasteiger partial charge in [0.1, 0.15) is 46.7 Å². The monoisotopic (exact) mass is 1250 g/mol. The molecule has 1 N–H and O–H groups in total. The smallest absolute Gasteiger partial charge is 0.486 e. The SMILES string of the molecule is CC(=O)C1=C(COc2c(Br)cc(Br)c3nc4ccccc4nc23)CS[C@@H]2[C@H](NC(=O)Cc3cccs3)C(=O)N12.CCCSSCCOC(=O)OCOc1c(Br)cc(Br)c2nc3ccccc3nc12. The van der Waals surface area contributed by atoms with E-state index in [0.29, 0.717) is 71.9 Å². The van der Waals surface area contributed by atoms with Crippen molar-refractivity contribution in [1.29, 1.82) is 0 Å². The minimum atomic E-state index is -0.764. The number of aromatic nitrogens is 4. The number of nitrogens with zero attached hydrogens (tertiary/aromatic N) is 5. The summed E-state index contributed by atoms with van der Waals surface area (Å²) in [5.41, 5.74) is 6.52. The molecule has 4 aromatic carbocycles. The number of carbonyl (C=O) groups excluding carboxylic acids is 4. The van der Waals surface area contributed by atoms with E-state index in [9.17, 15) is 19.2 Å². The fraction of sp³-hybridized carbons (Fsp3) is 0.261. The van der Waals surface area contributed by atoms with E-state index in [2.05, 4.69) is 85.9 Å². The van der Waals surface area contributed by atoms with Crippen LogP contribution in [-0.4, -0.2) is 97.3 Å². The van der Waals surface area contributed by atoms with Crippen molar-refractivity contribution in [2.75, 3.05) is 37.3 Å². The van der Waals surface area contributed by atoms with Crippen LogP contribution >= 0.6 is 108 Å². The maximum absolute atomic E-state index is 13.1. The lowest BCUT2D eigenvalue weighted by molar-refractivity contribution is -0.147. The fourth-order valence-corrected chi connectivity index (χ4v) is 13.8. The number of para-hydroxylation sites is 4. The van der Waals surface area contributed by atoms with Gasteiger partial charge in [0.15, 0.2) is 17.3 Å². The summed E-state index contributed by atoms with van der Waals surface area (Å²) in [6.45, 7) is 3.67. The summed E-state index contributed by atoms with van der Waals surface area (Å²) in [6, 6.07) is 22.0. The molecule has 68 heavy (non-hydrogen) atoms. The number of benzene rings is 4. The minimum Gasteiger partial charge on any atom is -0.486 e. The van der Waals surface area contributed by atoms with Crippen molar-refractivity contribution in [3.8, 4) is 11.5 Å². The lowest BCUT2D eigenvalue weighted by Crippen LogP contribution is -2.70. The molecule has 0 aliphatic carbocycles. The fourth-order valence-electron chi connectivity index (χ4n) is 7.09. The van der Waals surface area contributed by atoms with E-state index in [-0.39, 0.29) is 42.8 Å². The summed E-state index contributed by atoms with van der Waals surface area (Å²) in [7, 11) is 3.44. The van der Waals surface area contributed by atoms with Crippen LogP contribution < -0.4 is 14.8 Å². The number of halogens is 4. The number of rotatable bonds is 16. The number of allylic oxidation sites excluding steroid dienone is 1. The third-order valence-corrected chi connectivity index (χ3v) is 17.3. The molecule has 22 heteroatoms. The largest absolute Gasteiger partial charge is 0.511 e. The number of Topliss-reactive ketones (excluding diaryl/α,β-unsaturated/α-hetero) is 1. The van der Waals surface area contributed by atoms with Gasteiger partial charge < -0.3 is 24.3 Å². The third kappa shape index (κ3) is 11.6. The number of hydrogen-bond acceptors (Lipinski definition) is 16. The van der Waals surface area contributed by atoms with Crippen LogP contribution in [-0.2, 0) is 30.3 Å². The molecule has 1 fully saturated rings. The van der Waals surface area contributed by atoms with Crippen molar-refractivity contribution in [2.45, 2.75) is 38.1 Å². The third-order valence-electron chi connectivity index (χ3n) is 10.1. The number of ether oxygens (including phenoxy) is 4. The molecule has 1 saturated heterocycles. The van der Waals surface area contributed by atoms with E-state index in [4.69, 9.17) is 28.9 Å². The predicted molar refractivity (Wildman–Crippen MR) is 284 cm³/mol. The molecule has 0 bridgehead atoms. The maximum Gasteiger partial charge on any atom is 0.511 e.